The maximum atomic E-state index is 13.3. The van der Waals surface area contributed by atoms with Crippen molar-refractivity contribution in [2.75, 3.05) is 0 Å². The molecule has 21 heavy (non-hydrogen) atoms. The third-order valence-corrected chi connectivity index (χ3v) is 3.21. The Balaban J connectivity index is 2.13. The number of nitrogens with zero attached hydrogens (tertiary/aromatic N) is 2. The second-order valence-electron chi connectivity index (χ2n) is 5.95. The number of hydrogen-bond acceptors (Lipinski definition) is 2. The van der Waals surface area contributed by atoms with Gasteiger partial charge in [0.25, 0.3) is 0 Å². The monoisotopic (exact) mass is 284 g/mol. The Kier molecular flexibility index (Phi) is 3.16. The molecule has 1 aromatic heterocycles. The average Bonchev–Trinajstić information content (AvgIpc) is 2.76. The first kappa shape index (κ1) is 13.6. The van der Waals surface area contributed by atoms with Crippen molar-refractivity contribution in [2.45, 2.75) is 26.3 Å². The molecule has 0 aliphatic rings. The van der Waals surface area contributed by atoms with E-state index < -0.39 is 0 Å². The van der Waals surface area contributed by atoms with Crippen LogP contribution in [0.1, 0.15) is 20.8 Å². The van der Waals surface area contributed by atoms with Crippen LogP contribution in [0.15, 0.2) is 48.5 Å². The van der Waals surface area contributed by atoms with E-state index >= 15 is 0 Å². The lowest BCUT2D eigenvalue weighted by atomic mass is 10.1. The highest BCUT2D eigenvalue weighted by molar-refractivity contribution is 5.77. The third kappa shape index (κ3) is 2.61. The van der Waals surface area contributed by atoms with Crippen molar-refractivity contribution < 1.29 is 9.13 Å². The molecule has 0 amide bonds. The number of aromatic nitrogens is 2. The minimum Gasteiger partial charge on any atom is -0.425 e. The first-order chi connectivity index (χ1) is 9.95. The second kappa shape index (κ2) is 4.88. The van der Waals surface area contributed by atoms with Gasteiger partial charge >= 0.3 is 6.01 Å². The van der Waals surface area contributed by atoms with Gasteiger partial charge in [-0.1, -0.05) is 18.2 Å². The van der Waals surface area contributed by atoms with Gasteiger partial charge in [-0.3, -0.25) is 4.57 Å². The first-order valence-electron chi connectivity index (χ1n) is 6.86. The molecule has 3 rings (SSSR count). The summed E-state index contributed by atoms with van der Waals surface area (Å²) in [6.07, 6.45) is 0. The Bertz CT molecular complexity index is 787. The Hall–Kier alpha value is -2.36. The van der Waals surface area contributed by atoms with Gasteiger partial charge in [0.15, 0.2) is 0 Å². The predicted molar refractivity (Wildman–Crippen MR) is 81.2 cm³/mol. The van der Waals surface area contributed by atoms with Crippen molar-refractivity contribution >= 4 is 11.0 Å². The molecule has 4 heteroatoms. The van der Waals surface area contributed by atoms with E-state index in [4.69, 9.17) is 4.74 Å². The van der Waals surface area contributed by atoms with Gasteiger partial charge in [-0.05, 0) is 45.0 Å². The van der Waals surface area contributed by atoms with Crippen LogP contribution in [0, 0.1) is 5.82 Å². The van der Waals surface area contributed by atoms with E-state index in [2.05, 4.69) is 25.8 Å². The quantitative estimate of drug-likeness (QED) is 0.680. The molecule has 0 radical (unpaired) electrons. The molecule has 2 aromatic carbocycles. The van der Waals surface area contributed by atoms with Crippen LogP contribution in [0.5, 0.6) is 11.8 Å². The molecule has 1 heterocycles. The van der Waals surface area contributed by atoms with E-state index in [1.54, 1.807) is 12.1 Å². The van der Waals surface area contributed by atoms with Crippen molar-refractivity contribution in [1.29, 1.82) is 0 Å². The minimum atomic E-state index is -0.328. The average molecular weight is 284 g/mol. The lowest BCUT2D eigenvalue weighted by molar-refractivity contribution is 0.332. The van der Waals surface area contributed by atoms with Crippen LogP contribution in [-0.4, -0.2) is 9.55 Å². The van der Waals surface area contributed by atoms with Crippen molar-refractivity contribution in [3.63, 3.8) is 0 Å². The predicted octanol–water partition coefficient (Wildman–Crippen LogP) is 4.72. The molecular weight excluding hydrogens is 267 g/mol. The van der Waals surface area contributed by atoms with Gasteiger partial charge in [-0.25, -0.2) is 4.39 Å². The molecule has 0 atom stereocenters. The fourth-order valence-electron chi connectivity index (χ4n) is 2.36. The summed E-state index contributed by atoms with van der Waals surface area (Å²) in [4.78, 5) is 4.52. The van der Waals surface area contributed by atoms with E-state index in [0.717, 1.165) is 11.0 Å². The van der Waals surface area contributed by atoms with Gasteiger partial charge in [0.2, 0.25) is 0 Å². The van der Waals surface area contributed by atoms with E-state index in [1.165, 1.54) is 12.1 Å². The first-order valence-corrected chi connectivity index (χ1v) is 6.86. The summed E-state index contributed by atoms with van der Waals surface area (Å²) in [6, 6.07) is 14.4. The van der Waals surface area contributed by atoms with E-state index in [9.17, 15) is 4.39 Å². The van der Waals surface area contributed by atoms with Crippen LogP contribution in [0.25, 0.3) is 11.0 Å². The molecular formula is C17H17FN2O. The molecule has 0 fully saturated rings. The summed E-state index contributed by atoms with van der Waals surface area (Å²) in [6.45, 7) is 6.25. The maximum Gasteiger partial charge on any atom is 0.303 e. The topological polar surface area (TPSA) is 27.1 Å². The molecule has 3 aromatic rings. The number of ether oxygens (including phenoxy) is 1. The van der Waals surface area contributed by atoms with Gasteiger partial charge in [-0.15, -0.1) is 0 Å². The van der Waals surface area contributed by atoms with Gasteiger partial charge < -0.3 is 4.74 Å². The summed E-state index contributed by atoms with van der Waals surface area (Å²) in [5, 5.41) is 0. The minimum absolute atomic E-state index is 0.196. The highest BCUT2D eigenvalue weighted by Crippen LogP contribution is 2.32. The maximum absolute atomic E-state index is 13.3. The van der Waals surface area contributed by atoms with Crippen molar-refractivity contribution in [3.05, 3.63) is 54.3 Å². The molecule has 108 valence electrons. The number of para-hydroxylation sites is 2. The summed E-state index contributed by atoms with van der Waals surface area (Å²) in [5.74, 6) is 0.113. The number of benzene rings is 2. The highest BCUT2D eigenvalue weighted by Gasteiger charge is 2.22. The van der Waals surface area contributed by atoms with Crippen LogP contribution in [0.4, 0.5) is 4.39 Å². The fourth-order valence-corrected chi connectivity index (χ4v) is 2.36. The van der Waals surface area contributed by atoms with Crippen LogP contribution in [0.3, 0.4) is 0 Å². The largest absolute Gasteiger partial charge is 0.425 e. The highest BCUT2D eigenvalue weighted by atomic mass is 19.1. The van der Waals surface area contributed by atoms with Gasteiger partial charge in [-0.2, -0.15) is 4.98 Å². The van der Waals surface area contributed by atoms with E-state index in [1.807, 2.05) is 28.8 Å². The number of fused-ring (bicyclic) bond motifs is 1. The van der Waals surface area contributed by atoms with Gasteiger partial charge in [0, 0.05) is 11.6 Å². The number of hydrogen-bond donors (Lipinski definition) is 0. The lowest BCUT2D eigenvalue weighted by Gasteiger charge is -2.23. The van der Waals surface area contributed by atoms with Crippen LogP contribution in [-0.2, 0) is 5.54 Å². The van der Waals surface area contributed by atoms with Crippen molar-refractivity contribution in [3.8, 4) is 11.8 Å². The van der Waals surface area contributed by atoms with Crippen LogP contribution in [0.2, 0.25) is 0 Å². The Labute approximate surface area is 123 Å². The number of halogens is 1. The smallest absolute Gasteiger partial charge is 0.303 e. The van der Waals surface area contributed by atoms with Crippen LogP contribution < -0.4 is 4.74 Å². The Morgan fingerprint density at radius 1 is 1.05 bits per heavy atom. The van der Waals surface area contributed by atoms with Gasteiger partial charge in [0.1, 0.15) is 11.6 Å². The molecule has 0 N–H and O–H groups in total. The fraction of sp³-hybridized carbons (Fsp3) is 0.235. The number of imidazole rings is 1. The molecule has 0 bridgehead atoms. The summed E-state index contributed by atoms with van der Waals surface area (Å²) < 4.78 is 21.1. The van der Waals surface area contributed by atoms with Crippen molar-refractivity contribution in [2.24, 2.45) is 0 Å². The van der Waals surface area contributed by atoms with Gasteiger partial charge in [0.05, 0.1) is 11.0 Å². The third-order valence-electron chi connectivity index (χ3n) is 3.21. The zero-order valence-electron chi connectivity index (χ0n) is 12.3. The van der Waals surface area contributed by atoms with E-state index in [-0.39, 0.29) is 11.4 Å². The zero-order chi connectivity index (χ0) is 15.0. The molecule has 3 nitrogen and oxygen atoms in total. The zero-order valence-corrected chi connectivity index (χ0v) is 12.3. The normalized spacial score (nSPS) is 11.8. The Morgan fingerprint density at radius 2 is 1.81 bits per heavy atom. The van der Waals surface area contributed by atoms with Crippen LogP contribution >= 0.6 is 0 Å². The molecule has 0 spiro atoms. The van der Waals surface area contributed by atoms with Crippen molar-refractivity contribution in [1.82, 2.24) is 9.55 Å². The second-order valence-corrected chi connectivity index (χ2v) is 5.95. The molecule has 0 aliphatic carbocycles. The molecule has 0 saturated carbocycles. The number of rotatable bonds is 2. The standard InChI is InChI=1S/C17H17FN2O/c1-17(2,3)20-15-10-5-4-9-14(15)19-16(20)21-13-8-6-7-12(18)11-13/h4-11H,1-3H3. The molecule has 0 unspecified atom stereocenters. The SMILES string of the molecule is CC(C)(C)n1c(Oc2cccc(F)c2)nc2ccccc21. The summed E-state index contributed by atoms with van der Waals surface area (Å²) in [5.41, 5.74) is 1.66. The Morgan fingerprint density at radius 3 is 2.52 bits per heavy atom. The van der Waals surface area contributed by atoms with E-state index in [0.29, 0.717) is 11.8 Å². The molecule has 0 saturated heterocycles. The summed E-state index contributed by atoms with van der Waals surface area (Å²) in [7, 11) is 0. The summed E-state index contributed by atoms with van der Waals surface area (Å²) >= 11 is 0. The molecule has 0 aliphatic heterocycles. The lowest BCUT2D eigenvalue weighted by Crippen LogP contribution is -2.22.